The molecule has 1 aliphatic rings. The fourth-order valence-corrected chi connectivity index (χ4v) is 2.32. The average molecular weight is 242 g/mol. The first-order chi connectivity index (χ1) is 8.13. The van der Waals surface area contributed by atoms with Crippen LogP contribution in [0.25, 0.3) is 0 Å². The zero-order chi connectivity index (χ0) is 12.7. The maximum Gasteiger partial charge on any atom is 0.310 e. The number of piperidine rings is 1. The Hall–Kier alpha value is -0.610. The predicted octanol–water partition coefficient (Wildman–Crippen LogP) is 1.21. The van der Waals surface area contributed by atoms with Gasteiger partial charge in [0.2, 0.25) is 0 Å². The standard InChI is InChI=1S/C13H26N2O2/c1-4-17-13(16)12-7-5-9-15(11-12)10-6-8-14(2)3/h12H,4-11H2,1-3H3/t12-/m0/s1. The highest BCUT2D eigenvalue weighted by molar-refractivity contribution is 5.72. The number of likely N-dealkylation sites (tertiary alicyclic amines) is 1. The van der Waals surface area contributed by atoms with Crippen LogP contribution in [0.15, 0.2) is 0 Å². The van der Waals surface area contributed by atoms with Gasteiger partial charge in [0.05, 0.1) is 12.5 Å². The van der Waals surface area contributed by atoms with Crippen molar-refractivity contribution in [2.24, 2.45) is 5.92 Å². The molecular weight excluding hydrogens is 216 g/mol. The molecule has 1 saturated heterocycles. The maximum absolute atomic E-state index is 11.7. The number of carbonyl (C=O) groups excluding carboxylic acids is 1. The normalized spacial score (nSPS) is 21.8. The molecule has 0 unspecified atom stereocenters. The highest BCUT2D eigenvalue weighted by atomic mass is 16.5. The van der Waals surface area contributed by atoms with Crippen LogP contribution in [-0.2, 0) is 9.53 Å². The second-order valence-electron chi connectivity index (χ2n) is 5.05. The molecule has 100 valence electrons. The van der Waals surface area contributed by atoms with Gasteiger partial charge in [0.1, 0.15) is 0 Å². The lowest BCUT2D eigenvalue weighted by atomic mass is 9.98. The summed E-state index contributed by atoms with van der Waals surface area (Å²) in [4.78, 5) is 16.3. The van der Waals surface area contributed by atoms with Gasteiger partial charge in [-0.25, -0.2) is 0 Å². The Morgan fingerprint density at radius 2 is 2.24 bits per heavy atom. The minimum absolute atomic E-state index is 0.00944. The van der Waals surface area contributed by atoms with Gasteiger partial charge < -0.3 is 14.5 Å². The van der Waals surface area contributed by atoms with Crippen molar-refractivity contribution in [1.82, 2.24) is 9.80 Å². The van der Waals surface area contributed by atoms with Crippen molar-refractivity contribution in [2.75, 3.05) is 46.9 Å². The molecule has 0 spiro atoms. The molecule has 0 radical (unpaired) electrons. The smallest absolute Gasteiger partial charge is 0.310 e. The molecule has 0 aliphatic carbocycles. The third-order valence-corrected chi connectivity index (χ3v) is 3.21. The van der Waals surface area contributed by atoms with Gasteiger partial charge >= 0.3 is 5.97 Å². The van der Waals surface area contributed by atoms with E-state index >= 15 is 0 Å². The molecule has 4 nitrogen and oxygen atoms in total. The molecule has 0 aromatic rings. The lowest BCUT2D eigenvalue weighted by molar-refractivity contribution is -0.149. The van der Waals surface area contributed by atoms with Crippen molar-refractivity contribution >= 4 is 5.97 Å². The second kappa shape index (κ2) is 7.67. The number of esters is 1. The highest BCUT2D eigenvalue weighted by Crippen LogP contribution is 2.17. The number of ether oxygens (including phenoxy) is 1. The van der Waals surface area contributed by atoms with E-state index in [0.29, 0.717) is 6.61 Å². The van der Waals surface area contributed by atoms with Crippen molar-refractivity contribution in [3.05, 3.63) is 0 Å². The summed E-state index contributed by atoms with van der Waals surface area (Å²) in [5.41, 5.74) is 0. The van der Waals surface area contributed by atoms with E-state index in [-0.39, 0.29) is 11.9 Å². The maximum atomic E-state index is 11.7. The molecule has 4 heteroatoms. The molecule has 1 fully saturated rings. The number of carbonyl (C=O) groups is 1. The second-order valence-corrected chi connectivity index (χ2v) is 5.05. The van der Waals surface area contributed by atoms with Gasteiger partial charge in [0, 0.05) is 6.54 Å². The molecular formula is C13H26N2O2. The van der Waals surface area contributed by atoms with E-state index in [1.54, 1.807) is 0 Å². The lowest BCUT2D eigenvalue weighted by Crippen LogP contribution is -2.40. The Kier molecular flexibility index (Phi) is 6.52. The Morgan fingerprint density at radius 3 is 2.88 bits per heavy atom. The summed E-state index contributed by atoms with van der Waals surface area (Å²) < 4.78 is 5.10. The van der Waals surface area contributed by atoms with Crippen molar-refractivity contribution in [1.29, 1.82) is 0 Å². The van der Waals surface area contributed by atoms with Gasteiger partial charge in [-0.1, -0.05) is 0 Å². The quantitative estimate of drug-likeness (QED) is 0.656. The topological polar surface area (TPSA) is 32.8 Å². The van der Waals surface area contributed by atoms with Crippen LogP contribution in [-0.4, -0.2) is 62.7 Å². The molecule has 1 atom stereocenters. The van der Waals surface area contributed by atoms with Gasteiger partial charge in [-0.2, -0.15) is 0 Å². The summed E-state index contributed by atoms with van der Waals surface area (Å²) in [5, 5.41) is 0. The van der Waals surface area contributed by atoms with Crippen molar-refractivity contribution in [2.45, 2.75) is 26.2 Å². The molecule has 1 aliphatic heterocycles. The van der Waals surface area contributed by atoms with E-state index < -0.39 is 0 Å². The number of hydrogen-bond acceptors (Lipinski definition) is 4. The van der Waals surface area contributed by atoms with Crippen molar-refractivity contribution in [3.63, 3.8) is 0 Å². The summed E-state index contributed by atoms with van der Waals surface area (Å²) >= 11 is 0. The molecule has 0 aromatic carbocycles. The van der Waals surface area contributed by atoms with Crippen LogP contribution >= 0.6 is 0 Å². The van der Waals surface area contributed by atoms with Gasteiger partial charge in [-0.05, 0) is 59.9 Å². The van der Waals surface area contributed by atoms with E-state index in [9.17, 15) is 4.79 Å². The predicted molar refractivity (Wildman–Crippen MR) is 69.0 cm³/mol. The average Bonchev–Trinajstić information content (AvgIpc) is 2.29. The number of rotatable bonds is 6. The van der Waals surface area contributed by atoms with E-state index in [0.717, 1.165) is 39.0 Å². The SMILES string of the molecule is CCOC(=O)[C@H]1CCCN(CCCN(C)C)C1. The molecule has 1 rings (SSSR count). The molecule has 0 saturated carbocycles. The molecule has 17 heavy (non-hydrogen) atoms. The van der Waals surface area contributed by atoms with E-state index in [2.05, 4.69) is 23.9 Å². The van der Waals surface area contributed by atoms with Crippen LogP contribution in [0.2, 0.25) is 0 Å². The van der Waals surface area contributed by atoms with E-state index in [1.807, 2.05) is 6.92 Å². The first-order valence-corrected chi connectivity index (χ1v) is 6.67. The van der Waals surface area contributed by atoms with E-state index in [1.165, 1.54) is 6.42 Å². The van der Waals surface area contributed by atoms with Gasteiger partial charge in [-0.3, -0.25) is 4.79 Å². The van der Waals surface area contributed by atoms with Crippen molar-refractivity contribution < 1.29 is 9.53 Å². The summed E-state index contributed by atoms with van der Waals surface area (Å²) in [5.74, 6) is 0.0906. The highest BCUT2D eigenvalue weighted by Gasteiger charge is 2.26. The zero-order valence-electron chi connectivity index (χ0n) is 11.4. The van der Waals surface area contributed by atoms with Crippen LogP contribution < -0.4 is 0 Å². The molecule has 0 N–H and O–H groups in total. The fraction of sp³-hybridized carbons (Fsp3) is 0.923. The monoisotopic (exact) mass is 242 g/mol. The van der Waals surface area contributed by atoms with Crippen LogP contribution in [0.5, 0.6) is 0 Å². The van der Waals surface area contributed by atoms with Crippen LogP contribution in [0.3, 0.4) is 0 Å². The Bertz CT molecular complexity index is 231. The van der Waals surface area contributed by atoms with Gasteiger partial charge in [-0.15, -0.1) is 0 Å². The summed E-state index contributed by atoms with van der Waals surface area (Å²) in [6.45, 7) is 6.58. The number of nitrogens with zero attached hydrogens (tertiary/aromatic N) is 2. The first-order valence-electron chi connectivity index (χ1n) is 6.67. The minimum atomic E-state index is -0.00944. The van der Waals surface area contributed by atoms with E-state index in [4.69, 9.17) is 4.74 Å². The Balaban J connectivity index is 2.26. The van der Waals surface area contributed by atoms with Crippen molar-refractivity contribution in [3.8, 4) is 0 Å². The summed E-state index contributed by atoms with van der Waals surface area (Å²) in [6.07, 6.45) is 3.27. The zero-order valence-corrected chi connectivity index (χ0v) is 11.4. The third-order valence-electron chi connectivity index (χ3n) is 3.21. The van der Waals surface area contributed by atoms with Gasteiger partial charge in [0.15, 0.2) is 0 Å². The first kappa shape index (κ1) is 14.5. The Labute approximate surface area is 105 Å². The Morgan fingerprint density at radius 1 is 1.47 bits per heavy atom. The largest absolute Gasteiger partial charge is 0.466 e. The summed E-state index contributed by atoms with van der Waals surface area (Å²) in [7, 11) is 4.19. The molecule has 0 aromatic heterocycles. The fourth-order valence-electron chi connectivity index (χ4n) is 2.32. The lowest BCUT2D eigenvalue weighted by Gasteiger charge is -2.31. The molecule has 0 bridgehead atoms. The molecule has 0 amide bonds. The van der Waals surface area contributed by atoms with Crippen LogP contribution in [0.4, 0.5) is 0 Å². The van der Waals surface area contributed by atoms with Crippen LogP contribution in [0, 0.1) is 5.92 Å². The molecule has 1 heterocycles. The third kappa shape index (κ3) is 5.50. The van der Waals surface area contributed by atoms with Gasteiger partial charge in [0.25, 0.3) is 0 Å². The van der Waals surface area contributed by atoms with Crippen LogP contribution in [0.1, 0.15) is 26.2 Å². The summed E-state index contributed by atoms with van der Waals surface area (Å²) in [6, 6.07) is 0. The number of hydrogen-bond donors (Lipinski definition) is 0. The minimum Gasteiger partial charge on any atom is -0.466 e.